The van der Waals surface area contributed by atoms with Crippen LogP contribution in [0.3, 0.4) is 0 Å². The van der Waals surface area contributed by atoms with Crippen molar-refractivity contribution in [3.63, 3.8) is 0 Å². The molecule has 1 saturated heterocycles. The smallest absolute Gasteiger partial charge is 0.0639 e. The van der Waals surface area contributed by atoms with Crippen LogP contribution in [0.2, 0.25) is 0 Å². The van der Waals surface area contributed by atoms with Gasteiger partial charge in [-0.15, -0.1) is 0 Å². The van der Waals surface area contributed by atoms with Gasteiger partial charge in [-0.25, -0.2) is 0 Å². The second-order valence-electron chi connectivity index (χ2n) is 3.32. The monoisotopic (exact) mass is 269 g/mol. The van der Waals surface area contributed by atoms with Gasteiger partial charge in [0.25, 0.3) is 0 Å². The molecule has 1 aliphatic heterocycles. The zero-order valence-electron chi connectivity index (χ0n) is 6.96. The molecular formula is C8H16INO. The van der Waals surface area contributed by atoms with E-state index in [1.54, 1.807) is 0 Å². The molecule has 1 N–H and O–H groups in total. The fourth-order valence-corrected chi connectivity index (χ4v) is 2.01. The Balaban J connectivity index is 2.17. The molecule has 0 saturated carbocycles. The molecular weight excluding hydrogens is 253 g/mol. The van der Waals surface area contributed by atoms with Crippen LogP contribution in [0.4, 0.5) is 0 Å². The van der Waals surface area contributed by atoms with Crippen molar-refractivity contribution in [3.05, 3.63) is 0 Å². The average Bonchev–Trinajstić information content (AvgIpc) is 1.93. The standard InChI is InChI=1S/C8H16INO/c1-7(11)6-10-4-2-8(9)3-5-10/h7-8,11H,2-6H2,1H3. The molecule has 0 radical (unpaired) electrons. The molecule has 1 rings (SSSR count). The summed E-state index contributed by atoms with van der Waals surface area (Å²) in [5.74, 6) is 0. The van der Waals surface area contributed by atoms with Gasteiger partial charge in [-0.2, -0.15) is 0 Å². The topological polar surface area (TPSA) is 23.5 Å². The summed E-state index contributed by atoms with van der Waals surface area (Å²) in [4.78, 5) is 2.35. The summed E-state index contributed by atoms with van der Waals surface area (Å²) in [5.41, 5.74) is 0. The lowest BCUT2D eigenvalue weighted by molar-refractivity contribution is 0.116. The largest absolute Gasteiger partial charge is 0.392 e. The van der Waals surface area contributed by atoms with Gasteiger partial charge in [-0.05, 0) is 32.9 Å². The Morgan fingerprint density at radius 1 is 1.55 bits per heavy atom. The Hall–Kier alpha value is 0.650. The van der Waals surface area contributed by atoms with Crippen molar-refractivity contribution in [2.24, 2.45) is 0 Å². The van der Waals surface area contributed by atoms with Crippen LogP contribution in [0.5, 0.6) is 0 Å². The van der Waals surface area contributed by atoms with Crippen LogP contribution < -0.4 is 0 Å². The maximum atomic E-state index is 9.13. The highest BCUT2D eigenvalue weighted by atomic mass is 127. The summed E-state index contributed by atoms with van der Waals surface area (Å²) in [6.45, 7) is 5.04. The van der Waals surface area contributed by atoms with Crippen LogP contribution >= 0.6 is 22.6 Å². The molecule has 0 amide bonds. The SMILES string of the molecule is CC(O)CN1CCC(I)CC1. The number of alkyl halides is 1. The molecule has 11 heavy (non-hydrogen) atoms. The molecule has 1 fully saturated rings. The first kappa shape index (κ1) is 9.74. The number of rotatable bonds is 2. The number of hydrogen-bond donors (Lipinski definition) is 1. The minimum Gasteiger partial charge on any atom is -0.392 e. The lowest BCUT2D eigenvalue weighted by Gasteiger charge is -2.30. The first-order chi connectivity index (χ1) is 5.18. The third-order valence-electron chi connectivity index (χ3n) is 2.04. The summed E-state index contributed by atoms with van der Waals surface area (Å²) < 4.78 is 0.859. The van der Waals surface area contributed by atoms with Crippen molar-refractivity contribution in [2.45, 2.75) is 29.8 Å². The van der Waals surface area contributed by atoms with E-state index < -0.39 is 0 Å². The van der Waals surface area contributed by atoms with Gasteiger partial charge >= 0.3 is 0 Å². The van der Waals surface area contributed by atoms with Crippen LogP contribution in [0.15, 0.2) is 0 Å². The van der Waals surface area contributed by atoms with Crippen molar-refractivity contribution in [2.75, 3.05) is 19.6 Å². The number of halogens is 1. The highest BCUT2D eigenvalue weighted by Gasteiger charge is 2.17. The Labute approximate surface area is 82.1 Å². The molecule has 0 aliphatic carbocycles. The van der Waals surface area contributed by atoms with E-state index in [0.29, 0.717) is 0 Å². The van der Waals surface area contributed by atoms with Gasteiger partial charge in [0.1, 0.15) is 0 Å². The second-order valence-corrected chi connectivity index (χ2v) is 5.09. The van der Waals surface area contributed by atoms with Gasteiger partial charge in [0.2, 0.25) is 0 Å². The number of piperidine rings is 1. The Bertz CT molecular complexity index is 111. The zero-order chi connectivity index (χ0) is 8.27. The van der Waals surface area contributed by atoms with Crippen molar-refractivity contribution in [1.82, 2.24) is 4.90 Å². The Morgan fingerprint density at radius 2 is 2.09 bits per heavy atom. The molecule has 1 atom stereocenters. The average molecular weight is 269 g/mol. The van der Waals surface area contributed by atoms with Crippen LogP contribution in [0.1, 0.15) is 19.8 Å². The van der Waals surface area contributed by atoms with Gasteiger partial charge < -0.3 is 10.0 Å². The number of nitrogens with zero attached hydrogens (tertiary/aromatic N) is 1. The number of aliphatic hydroxyl groups excluding tert-OH is 1. The van der Waals surface area contributed by atoms with E-state index in [-0.39, 0.29) is 6.10 Å². The normalized spacial score (nSPS) is 25.4. The van der Waals surface area contributed by atoms with Crippen molar-refractivity contribution < 1.29 is 5.11 Å². The van der Waals surface area contributed by atoms with Gasteiger partial charge in [0, 0.05) is 10.5 Å². The van der Waals surface area contributed by atoms with Crippen LogP contribution in [-0.4, -0.2) is 39.7 Å². The van der Waals surface area contributed by atoms with Gasteiger partial charge in [-0.3, -0.25) is 0 Å². The van der Waals surface area contributed by atoms with Crippen molar-refractivity contribution in [3.8, 4) is 0 Å². The highest BCUT2D eigenvalue weighted by Crippen LogP contribution is 2.17. The molecule has 1 aliphatic rings. The number of β-amino-alcohol motifs (C(OH)–C–C–N with tert-alkyl or cyclic N) is 1. The third kappa shape index (κ3) is 3.71. The summed E-state index contributed by atoms with van der Waals surface area (Å²) in [6, 6.07) is 0. The van der Waals surface area contributed by atoms with E-state index in [4.69, 9.17) is 5.11 Å². The summed E-state index contributed by atoms with van der Waals surface area (Å²) in [5, 5.41) is 9.13. The summed E-state index contributed by atoms with van der Waals surface area (Å²) >= 11 is 2.51. The first-order valence-electron chi connectivity index (χ1n) is 4.23. The Morgan fingerprint density at radius 3 is 2.55 bits per heavy atom. The quantitative estimate of drug-likeness (QED) is 0.602. The van der Waals surface area contributed by atoms with Gasteiger partial charge in [-0.1, -0.05) is 22.6 Å². The van der Waals surface area contributed by atoms with E-state index in [2.05, 4.69) is 27.5 Å². The minimum absolute atomic E-state index is 0.166. The van der Waals surface area contributed by atoms with Crippen LogP contribution in [0.25, 0.3) is 0 Å². The van der Waals surface area contributed by atoms with Crippen molar-refractivity contribution >= 4 is 22.6 Å². The van der Waals surface area contributed by atoms with Crippen LogP contribution in [0, 0.1) is 0 Å². The van der Waals surface area contributed by atoms with Crippen LogP contribution in [-0.2, 0) is 0 Å². The molecule has 3 heteroatoms. The molecule has 0 spiro atoms. The maximum absolute atomic E-state index is 9.13. The summed E-state index contributed by atoms with van der Waals surface area (Å²) in [7, 11) is 0. The lowest BCUT2D eigenvalue weighted by Crippen LogP contribution is -2.38. The van der Waals surface area contributed by atoms with E-state index in [1.807, 2.05) is 6.92 Å². The van der Waals surface area contributed by atoms with E-state index in [0.717, 1.165) is 10.5 Å². The lowest BCUT2D eigenvalue weighted by atomic mass is 10.1. The molecule has 0 bridgehead atoms. The minimum atomic E-state index is -0.166. The van der Waals surface area contributed by atoms with E-state index >= 15 is 0 Å². The van der Waals surface area contributed by atoms with E-state index in [9.17, 15) is 0 Å². The molecule has 0 aromatic rings. The molecule has 2 nitrogen and oxygen atoms in total. The zero-order valence-corrected chi connectivity index (χ0v) is 9.12. The summed E-state index contributed by atoms with van der Waals surface area (Å²) in [6.07, 6.45) is 2.40. The second kappa shape index (κ2) is 4.62. The number of hydrogen-bond acceptors (Lipinski definition) is 2. The molecule has 66 valence electrons. The number of aliphatic hydroxyl groups is 1. The highest BCUT2D eigenvalue weighted by molar-refractivity contribution is 14.1. The molecule has 0 aromatic carbocycles. The Kier molecular flexibility index (Phi) is 4.09. The van der Waals surface area contributed by atoms with Crippen molar-refractivity contribution in [1.29, 1.82) is 0 Å². The third-order valence-corrected chi connectivity index (χ3v) is 3.29. The van der Waals surface area contributed by atoms with Gasteiger partial charge in [0.05, 0.1) is 6.10 Å². The molecule has 0 aromatic heterocycles. The fraction of sp³-hybridized carbons (Fsp3) is 1.00. The maximum Gasteiger partial charge on any atom is 0.0639 e. The predicted octanol–water partition coefficient (Wildman–Crippen LogP) is 1.27. The molecule has 1 heterocycles. The first-order valence-corrected chi connectivity index (χ1v) is 5.47. The van der Waals surface area contributed by atoms with E-state index in [1.165, 1.54) is 25.9 Å². The van der Waals surface area contributed by atoms with Gasteiger partial charge in [0.15, 0.2) is 0 Å². The number of likely N-dealkylation sites (tertiary alicyclic amines) is 1. The fourth-order valence-electron chi connectivity index (χ4n) is 1.46. The molecule has 1 unspecified atom stereocenters. The predicted molar refractivity (Wildman–Crippen MR) is 55.2 cm³/mol.